The lowest BCUT2D eigenvalue weighted by atomic mass is 10.2. The number of nitrogens with zero attached hydrogens (tertiary/aromatic N) is 2. The molecule has 0 aromatic carbocycles. The normalized spacial score (nSPS) is 28.9. The third-order valence-corrected chi connectivity index (χ3v) is 4.10. The first-order valence-corrected chi connectivity index (χ1v) is 7.07. The standard InChI is InChI=1S/C13H27N3O/c1-15-6-4-5-12(15)9-14-10-13(17)11-16-7-2-3-8-16/h12-14,17H,2-11H2,1H3. The first-order chi connectivity index (χ1) is 8.25. The molecule has 2 N–H and O–H groups in total. The fraction of sp³-hybridized carbons (Fsp3) is 1.00. The Morgan fingerprint density at radius 2 is 2.00 bits per heavy atom. The molecule has 0 aliphatic carbocycles. The van der Waals surface area contributed by atoms with Gasteiger partial charge in [-0.1, -0.05) is 0 Å². The molecule has 4 nitrogen and oxygen atoms in total. The van der Waals surface area contributed by atoms with Gasteiger partial charge in [-0.2, -0.15) is 0 Å². The molecule has 100 valence electrons. The van der Waals surface area contributed by atoms with Crippen LogP contribution in [0.5, 0.6) is 0 Å². The maximum atomic E-state index is 9.93. The van der Waals surface area contributed by atoms with Crippen LogP contribution in [0.4, 0.5) is 0 Å². The van der Waals surface area contributed by atoms with Gasteiger partial charge in [0, 0.05) is 25.7 Å². The minimum Gasteiger partial charge on any atom is -0.390 e. The molecular weight excluding hydrogens is 214 g/mol. The van der Waals surface area contributed by atoms with E-state index in [0.29, 0.717) is 6.04 Å². The highest BCUT2D eigenvalue weighted by Gasteiger charge is 2.21. The summed E-state index contributed by atoms with van der Waals surface area (Å²) in [6.07, 6.45) is 5.00. The van der Waals surface area contributed by atoms with E-state index in [0.717, 1.165) is 19.6 Å². The molecule has 0 spiro atoms. The van der Waals surface area contributed by atoms with Crippen LogP contribution in [0.25, 0.3) is 0 Å². The van der Waals surface area contributed by atoms with E-state index >= 15 is 0 Å². The predicted molar refractivity (Wildman–Crippen MR) is 70.2 cm³/mol. The zero-order chi connectivity index (χ0) is 12.1. The summed E-state index contributed by atoms with van der Waals surface area (Å²) in [7, 11) is 2.19. The van der Waals surface area contributed by atoms with Gasteiger partial charge in [0.25, 0.3) is 0 Å². The van der Waals surface area contributed by atoms with E-state index in [1.807, 2.05) is 0 Å². The van der Waals surface area contributed by atoms with Crippen molar-refractivity contribution in [2.45, 2.75) is 37.8 Å². The molecule has 2 aliphatic rings. The van der Waals surface area contributed by atoms with Crippen LogP contribution >= 0.6 is 0 Å². The Hall–Kier alpha value is -0.160. The molecular formula is C13H27N3O. The molecule has 0 bridgehead atoms. The highest BCUT2D eigenvalue weighted by molar-refractivity contribution is 4.79. The van der Waals surface area contributed by atoms with E-state index in [1.54, 1.807) is 0 Å². The molecule has 0 amide bonds. The second kappa shape index (κ2) is 6.69. The lowest BCUT2D eigenvalue weighted by Gasteiger charge is -2.22. The molecule has 2 rings (SSSR count). The van der Waals surface area contributed by atoms with E-state index in [9.17, 15) is 5.11 Å². The molecule has 2 heterocycles. The third-order valence-electron chi connectivity index (χ3n) is 4.10. The Kier molecular flexibility index (Phi) is 5.22. The lowest BCUT2D eigenvalue weighted by molar-refractivity contribution is 0.121. The first-order valence-electron chi connectivity index (χ1n) is 7.07. The number of likely N-dealkylation sites (tertiary alicyclic amines) is 2. The Morgan fingerprint density at radius 1 is 1.24 bits per heavy atom. The van der Waals surface area contributed by atoms with Crippen molar-refractivity contribution in [3.8, 4) is 0 Å². The van der Waals surface area contributed by atoms with Crippen LogP contribution in [0.15, 0.2) is 0 Å². The molecule has 0 aromatic heterocycles. The molecule has 17 heavy (non-hydrogen) atoms. The summed E-state index contributed by atoms with van der Waals surface area (Å²) in [6.45, 7) is 6.16. The molecule has 4 heteroatoms. The van der Waals surface area contributed by atoms with Crippen molar-refractivity contribution in [2.24, 2.45) is 0 Å². The summed E-state index contributed by atoms with van der Waals surface area (Å²) in [6, 6.07) is 0.675. The number of hydrogen-bond acceptors (Lipinski definition) is 4. The Balaban J connectivity index is 1.54. The first kappa shape index (κ1) is 13.3. The molecule has 0 aromatic rings. The van der Waals surface area contributed by atoms with Gasteiger partial charge in [-0.25, -0.2) is 0 Å². The fourth-order valence-corrected chi connectivity index (χ4v) is 2.98. The topological polar surface area (TPSA) is 38.7 Å². The third kappa shape index (κ3) is 4.21. The van der Waals surface area contributed by atoms with Gasteiger partial charge < -0.3 is 20.2 Å². The molecule has 2 saturated heterocycles. The van der Waals surface area contributed by atoms with E-state index in [2.05, 4.69) is 22.2 Å². The van der Waals surface area contributed by atoms with Gasteiger partial charge in [0.15, 0.2) is 0 Å². The fourth-order valence-electron chi connectivity index (χ4n) is 2.98. The van der Waals surface area contributed by atoms with Crippen molar-refractivity contribution in [2.75, 3.05) is 46.3 Å². The number of β-amino-alcohol motifs (C(OH)–C–C–N with tert-alkyl or cyclic N) is 1. The quantitative estimate of drug-likeness (QED) is 0.693. The zero-order valence-corrected chi connectivity index (χ0v) is 11.1. The van der Waals surface area contributed by atoms with Gasteiger partial charge in [0.1, 0.15) is 0 Å². The smallest absolute Gasteiger partial charge is 0.0791 e. The summed E-state index contributed by atoms with van der Waals surface area (Å²) in [5, 5.41) is 13.3. The summed E-state index contributed by atoms with van der Waals surface area (Å²) in [5.41, 5.74) is 0. The highest BCUT2D eigenvalue weighted by atomic mass is 16.3. The monoisotopic (exact) mass is 241 g/mol. The van der Waals surface area contributed by atoms with Crippen LogP contribution in [0.2, 0.25) is 0 Å². The minimum atomic E-state index is -0.209. The van der Waals surface area contributed by atoms with Crippen LogP contribution < -0.4 is 5.32 Å². The zero-order valence-electron chi connectivity index (χ0n) is 11.1. The van der Waals surface area contributed by atoms with Gasteiger partial charge in [0.2, 0.25) is 0 Å². The van der Waals surface area contributed by atoms with E-state index in [4.69, 9.17) is 0 Å². The maximum Gasteiger partial charge on any atom is 0.0791 e. The number of hydrogen-bond donors (Lipinski definition) is 2. The lowest BCUT2D eigenvalue weighted by Crippen LogP contribution is -2.41. The van der Waals surface area contributed by atoms with Crippen molar-refractivity contribution in [1.29, 1.82) is 0 Å². The van der Waals surface area contributed by atoms with Crippen molar-refractivity contribution in [3.63, 3.8) is 0 Å². The van der Waals surface area contributed by atoms with Crippen molar-refractivity contribution >= 4 is 0 Å². The summed E-state index contributed by atoms with van der Waals surface area (Å²) in [4.78, 5) is 4.79. The van der Waals surface area contributed by atoms with Gasteiger partial charge in [-0.3, -0.25) is 0 Å². The Labute approximate surface area is 105 Å². The minimum absolute atomic E-state index is 0.209. The number of nitrogens with one attached hydrogen (secondary N) is 1. The molecule has 2 aliphatic heterocycles. The van der Waals surface area contributed by atoms with Gasteiger partial charge in [0.05, 0.1) is 6.10 Å². The molecule has 2 atom stereocenters. The summed E-state index contributed by atoms with van der Waals surface area (Å²) in [5.74, 6) is 0. The van der Waals surface area contributed by atoms with E-state index in [1.165, 1.54) is 45.3 Å². The SMILES string of the molecule is CN1CCCC1CNCC(O)CN1CCCC1. The molecule has 2 fully saturated rings. The summed E-state index contributed by atoms with van der Waals surface area (Å²) < 4.78 is 0. The van der Waals surface area contributed by atoms with Gasteiger partial charge in [-0.05, 0) is 52.4 Å². The number of aliphatic hydroxyl groups excluding tert-OH is 1. The van der Waals surface area contributed by atoms with Gasteiger partial charge >= 0.3 is 0 Å². The number of aliphatic hydroxyl groups is 1. The summed E-state index contributed by atoms with van der Waals surface area (Å²) >= 11 is 0. The Bertz CT molecular complexity index is 219. The molecule has 0 radical (unpaired) electrons. The van der Waals surface area contributed by atoms with Crippen LogP contribution in [0, 0.1) is 0 Å². The van der Waals surface area contributed by atoms with Crippen LogP contribution in [0.3, 0.4) is 0 Å². The van der Waals surface area contributed by atoms with Crippen LogP contribution in [-0.2, 0) is 0 Å². The number of likely N-dealkylation sites (N-methyl/N-ethyl adjacent to an activating group) is 1. The molecule has 2 unspecified atom stereocenters. The average molecular weight is 241 g/mol. The van der Waals surface area contributed by atoms with E-state index in [-0.39, 0.29) is 6.10 Å². The molecule has 0 saturated carbocycles. The average Bonchev–Trinajstić information content (AvgIpc) is 2.91. The maximum absolute atomic E-state index is 9.93. The van der Waals surface area contributed by atoms with Crippen molar-refractivity contribution in [1.82, 2.24) is 15.1 Å². The van der Waals surface area contributed by atoms with Crippen molar-refractivity contribution < 1.29 is 5.11 Å². The van der Waals surface area contributed by atoms with Crippen LogP contribution in [-0.4, -0.2) is 73.4 Å². The Morgan fingerprint density at radius 3 is 2.65 bits per heavy atom. The largest absolute Gasteiger partial charge is 0.390 e. The second-order valence-electron chi connectivity index (χ2n) is 5.60. The second-order valence-corrected chi connectivity index (χ2v) is 5.60. The highest BCUT2D eigenvalue weighted by Crippen LogP contribution is 2.13. The van der Waals surface area contributed by atoms with Crippen molar-refractivity contribution in [3.05, 3.63) is 0 Å². The predicted octanol–water partition coefficient (Wildman–Crippen LogP) is 0.127. The van der Waals surface area contributed by atoms with E-state index < -0.39 is 0 Å². The van der Waals surface area contributed by atoms with Gasteiger partial charge in [-0.15, -0.1) is 0 Å². The van der Waals surface area contributed by atoms with Crippen LogP contribution in [0.1, 0.15) is 25.7 Å². The number of rotatable bonds is 6.